The molecular formula is C28H48NO8P. The van der Waals surface area contributed by atoms with E-state index in [0.717, 1.165) is 25.7 Å². The molecule has 0 spiro atoms. The molecule has 0 aliphatic rings. The first-order valence-corrected chi connectivity index (χ1v) is 15.1. The average Bonchev–Trinajstić information content (AvgIpc) is 2.90. The van der Waals surface area contributed by atoms with Crippen molar-refractivity contribution in [2.24, 2.45) is 0 Å². The maximum atomic E-state index is 11.8. The number of aliphatic hydroxyl groups excluding tert-OH is 1. The molecule has 3 N–H and O–H groups in total. The third kappa shape index (κ3) is 25.6. The number of phosphoric acid groups is 1. The standard InChI is InChI=1S/C28H48NO8P/c1-3-5-6-7-8-9-10-11-12-13-14-15-16-17-18-19-20-21-28(32)35-24-26(30)25-37-38(33,34)36-23-22-29-27(31)4-2/h8-9,11-12,14-15,17-18,26,30H,3-7,10,13,16,19-25H2,1-2H3,(H,29,31)(H,33,34)/b9-8-,12-11-,15-14-,18-17-. The summed E-state index contributed by atoms with van der Waals surface area (Å²) in [5, 5.41) is 12.3. The molecule has 9 nitrogen and oxygen atoms in total. The van der Waals surface area contributed by atoms with Gasteiger partial charge in [0.25, 0.3) is 0 Å². The fourth-order valence-electron chi connectivity index (χ4n) is 2.93. The lowest BCUT2D eigenvalue weighted by molar-refractivity contribution is -0.147. The summed E-state index contributed by atoms with van der Waals surface area (Å²) in [6.45, 7) is 2.84. The van der Waals surface area contributed by atoms with Crippen molar-refractivity contribution in [1.82, 2.24) is 5.32 Å². The minimum atomic E-state index is -4.38. The predicted octanol–water partition coefficient (Wildman–Crippen LogP) is 5.70. The number of ether oxygens (including phenoxy) is 1. The number of hydrogen-bond acceptors (Lipinski definition) is 7. The molecule has 1 amide bonds. The van der Waals surface area contributed by atoms with Crippen LogP contribution in [0.3, 0.4) is 0 Å². The zero-order chi connectivity index (χ0) is 28.3. The van der Waals surface area contributed by atoms with E-state index in [-0.39, 0.29) is 32.1 Å². The third-order valence-electron chi connectivity index (χ3n) is 5.08. The molecular weight excluding hydrogens is 509 g/mol. The van der Waals surface area contributed by atoms with Crippen LogP contribution < -0.4 is 5.32 Å². The quantitative estimate of drug-likeness (QED) is 0.0596. The van der Waals surface area contributed by atoms with E-state index in [2.05, 4.69) is 63.8 Å². The fourth-order valence-corrected chi connectivity index (χ4v) is 3.69. The van der Waals surface area contributed by atoms with Crippen molar-refractivity contribution < 1.29 is 37.9 Å². The highest BCUT2D eigenvalue weighted by atomic mass is 31.2. The van der Waals surface area contributed by atoms with E-state index in [0.29, 0.717) is 12.8 Å². The van der Waals surface area contributed by atoms with Gasteiger partial charge in [-0.3, -0.25) is 18.6 Å². The monoisotopic (exact) mass is 557 g/mol. The molecule has 2 unspecified atom stereocenters. The minimum Gasteiger partial charge on any atom is -0.463 e. The van der Waals surface area contributed by atoms with Gasteiger partial charge >= 0.3 is 13.8 Å². The summed E-state index contributed by atoms with van der Waals surface area (Å²) in [5.74, 6) is -0.672. The summed E-state index contributed by atoms with van der Waals surface area (Å²) in [6, 6.07) is 0. The molecule has 0 heterocycles. The van der Waals surface area contributed by atoms with Crippen LogP contribution in [0.4, 0.5) is 0 Å². The van der Waals surface area contributed by atoms with E-state index < -0.39 is 26.5 Å². The van der Waals surface area contributed by atoms with E-state index >= 15 is 0 Å². The van der Waals surface area contributed by atoms with Crippen molar-refractivity contribution in [3.8, 4) is 0 Å². The number of aliphatic hydroxyl groups is 1. The summed E-state index contributed by atoms with van der Waals surface area (Å²) < 4.78 is 26.0. The normalized spacial score (nSPS) is 14.5. The lowest BCUT2D eigenvalue weighted by Crippen LogP contribution is -2.26. The van der Waals surface area contributed by atoms with Crippen molar-refractivity contribution in [2.45, 2.75) is 90.6 Å². The highest BCUT2D eigenvalue weighted by Gasteiger charge is 2.23. The lowest BCUT2D eigenvalue weighted by Gasteiger charge is -2.15. The van der Waals surface area contributed by atoms with Gasteiger partial charge in [0, 0.05) is 19.4 Å². The van der Waals surface area contributed by atoms with Gasteiger partial charge in [0.1, 0.15) is 12.7 Å². The molecule has 2 atom stereocenters. The predicted molar refractivity (Wildman–Crippen MR) is 150 cm³/mol. The Balaban J connectivity index is 3.75. The Labute approximate surface area is 228 Å². The van der Waals surface area contributed by atoms with Crippen molar-refractivity contribution in [3.63, 3.8) is 0 Å². The van der Waals surface area contributed by atoms with Crippen molar-refractivity contribution in [2.75, 3.05) is 26.4 Å². The molecule has 0 saturated carbocycles. The second-order valence-corrected chi connectivity index (χ2v) is 10.1. The maximum absolute atomic E-state index is 11.8. The Morgan fingerprint density at radius 2 is 1.42 bits per heavy atom. The first-order chi connectivity index (χ1) is 18.3. The van der Waals surface area contributed by atoms with Crippen molar-refractivity contribution in [1.29, 1.82) is 0 Å². The molecule has 0 radical (unpaired) electrons. The molecule has 10 heteroatoms. The van der Waals surface area contributed by atoms with Crippen LogP contribution in [-0.2, 0) is 27.9 Å². The van der Waals surface area contributed by atoms with Crippen LogP contribution in [0.2, 0.25) is 0 Å². The molecule has 0 bridgehead atoms. The van der Waals surface area contributed by atoms with Gasteiger partial charge in [0.15, 0.2) is 0 Å². The number of amides is 1. The molecule has 0 saturated heterocycles. The van der Waals surface area contributed by atoms with Gasteiger partial charge in [0.2, 0.25) is 5.91 Å². The van der Waals surface area contributed by atoms with Crippen LogP contribution >= 0.6 is 7.82 Å². The van der Waals surface area contributed by atoms with Crippen LogP contribution in [-0.4, -0.2) is 54.3 Å². The number of nitrogens with one attached hydrogen (secondary N) is 1. The van der Waals surface area contributed by atoms with E-state index in [1.165, 1.54) is 25.7 Å². The molecule has 38 heavy (non-hydrogen) atoms. The highest BCUT2D eigenvalue weighted by Crippen LogP contribution is 2.42. The second-order valence-electron chi connectivity index (χ2n) is 8.62. The number of rotatable bonds is 24. The zero-order valence-corrected chi connectivity index (χ0v) is 24.0. The fraction of sp³-hybridized carbons (Fsp3) is 0.643. The first-order valence-electron chi connectivity index (χ1n) is 13.6. The van der Waals surface area contributed by atoms with Gasteiger partial charge in [-0.05, 0) is 44.9 Å². The second kappa shape index (κ2) is 25.3. The van der Waals surface area contributed by atoms with Crippen LogP contribution in [0.15, 0.2) is 48.6 Å². The molecule has 0 aliphatic heterocycles. The summed E-state index contributed by atoms with van der Waals surface area (Å²) >= 11 is 0. The summed E-state index contributed by atoms with van der Waals surface area (Å²) in [7, 11) is -4.38. The lowest BCUT2D eigenvalue weighted by atomic mass is 10.2. The Bertz CT molecular complexity index is 779. The van der Waals surface area contributed by atoms with Gasteiger partial charge in [-0.25, -0.2) is 4.57 Å². The summed E-state index contributed by atoms with van der Waals surface area (Å²) in [4.78, 5) is 32.4. The number of phosphoric ester groups is 1. The average molecular weight is 558 g/mol. The summed E-state index contributed by atoms with van der Waals surface area (Å²) in [5.41, 5.74) is 0. The SMILES string of the molecule is CCCCC/C=C\C/C=C\C/C=C\C/C=C\CCCC(=O)OCC(O)COP(=O)(O)OCCNC(=O)CC. The highest BCUT2D eigenvalue weighted by molar-refractivity contribution is 7.47. The molecule has 0 rings (SSSR count). The minimum absolute atomic E-state index is 0.0574. The molecule has 218 valence electrons. The Kier molecular flexibility index (Phi) is 23.9. The number of carbonyl (C=O) groups excluding carboxylic acids is 2. The van der Waals surface area contributed by atoms with Crippen molar-refractivity contribution >= 4 is 19.7 Å². The Morgan fingerprint density at radius 1 is 0.842 bits per heavy atom. The van der Waals surface area contributed by atoms with Crippen LogP contribution in [0, 0.1) is 0 Å². The van der Waals surface area contributed by atoms with Gasteiger partial charge < -0.3 is 20.1 Å². The van der Waals surface area contributed by atoms with Gasteiger partial charge in [-0.15, -0.1) is 0 Å². The molecule has 0 fully saturated rings. The number of hydrogen-bond donors (Lipinski definition) is 3. The van der Waals surface area contributed by atoms with Gasteiger partial charge in [-0.2, -0.15) is 0 Å². The van der Waals surface area contributed by atoms with Gasteiger partial charge in [-0.1, -0.05) is 75.3 Å². The van der Waals surface area contributed by atoms with E-state index in [1.54, 1.807) is 6.92 Å². The zero-order valence-electron chi connectivity index (χ0n) is 23.1. The number of carbonyl (C=O) groups is 2. The largest absolute Gasteiger partial charge is 0.472 e. The third-order valence-corrected chi connectivity index (χ3v) is 6.06. The number of allylic oxidation sites excluding steroid dienone is 8. The number of esters is 1. The maximum Gasteiger partial charge on any atom is 0.472 e. The van der Waals surface area contributed by atoms with E-state index in [1.807, 2.05) is 6.08 Å². The molecule has 0 aromatic heterocycles. The van der Waals surface area contributed by atoms with Crippen LogP contribution in [0.1, 0.15) is 84.5 Å². The molecule has 0 aromatic carbocycles. The van der Waals surface area contributed by atoms with Crippen LogP contribution in [0.5, 0.6) is 0 Å². The smallest absolute Gasteiger partial charge is 0.463 e. The first kappa shape index (κ1) is 36.0. The molecule has 0 aromatic rings. The van der Waals surface area contributed by atoms with E-state index in [4.69, 9.17) is 4.74 Å². The Morgan fingerprint density at radius 3 is 2.00 bits per heavy atom. The topological polar surface area (TPSA) is 131 Å². The van der Waals surface area contributed by atoms with Crippen molar-refractivity contribution in [3.05, 3.63) is 48.6 Å². The summed E-state index contributed by atoms with van der Waals surface area (Å²) in [6.07, 6.45) is 25.5. The van der Waals surface area contributed by atoms with E-state index in [9.17, 15) is 24.2 Å². The number of unbranched alkanes of at least 4 members (excludes halogenated alkanes) is 4. The van der Waals surface area contributed by atoms with Crippen LogP contribution in [0.25, 0.3) is 0 Å². The van der Waals surface area contributed by atoms with Gasteiger partial charge in [0.05, 0.1) is 13.2 Å². The Hall–Kier alpha value is -2.03. The molecule has 0 aliphatic carbocycles.